The van der Waals surface area contributed by atoms with E-state index in [1.54, 1.807) is 52.7 Å². The Labute approximate surface area is 539 Å². The average Bonchev–Trinajstić information content (AvgIpc) is 1.62. The zero-order valence-corrected chi connectivity index (χ0v) is 55.4. The van der Waals surface area contributed by atoms with Crippen molar-refractivity contribution in [3.8, 4) is 45.3 Å². The Morgan fingerprint density at radius 2 is 0.935 bits per heavy atom. The number of hydrogen-bond acceptors (Lipinski definition) is 11. The molecule has 10 rings (SSSR count). The molecule has 0 unspecified atom stereocenters. The molecule has 0 fully saturated rings. The van der Waals surface area contributed by atoms with Crippen molar-refractivity contribution in [3.63, 3.8) is 0 Å². The highest BCUT2D eigenvalue weighted by Gasteiger charge is 2.24. The number of fused-ring (bicyclic) bond motifs is 2. The van der Waals surface area contributed by atoms with Crippen LogP contribution in [-0.2, 0) is 29.1 Å². The quantitative estimate of drug-likeness (QED) is 0.0732. The number of methoxy groups -OCH3 is 4. The van der Waals surface area contributed by atoms with Crippen LogP contribution in [0.25, 0.3) is 44.1 Å². The number of carboxylic acids is 1. The summed E-state index contributed by atoms with van der Waals surface area (Å²) in [6.07, 6.45) is 0. The summed E-state index contributed by atoms with van der Waals surface area (Å²) in [6, 6.07) is 53.5. The molecule has 0 saturated carbocycles. The number of nitrogens with two attached hydrogens (primary N) is 1. The number of benzene rings is 8. The average molecular weight is 1240 g/mol. The number of aromatic carboxylic acids is 1. The van der Waals surface area contributed by atoms with Crippen LogP contribution in [0.4, 0.5) is 0 Å². The first-order chi connectivity index (χ1) is 43.8. The van der Waals surface area contributed by atoms with E-state index in [-0.39, 0.29) is 23.9 Å². The zero-order chi connectivity index (χ0) is 66.8. The van der Waals surface area contributed by atoms with Gasteiger partial charge in [0.05, 0.1) is 51.2 Å². The minimum atomic E-state index is -0.922. The van der Waals surface area contributed by atoms with Gasteiger partial charge in [-0.15, -0.1) is 0 Å². The van der Waals surface area contributed by atoms with Crippen LogP contribution in [0, 0.1) is 27.7 Å². The molecule has 0 bridgehead atoms. The highest BCUT2D eigenvalue weighted by atomic mass is 16.6. The van der Waals surface area contributed by atoms with Gasteiger partial charge in [-0.3, -0.25) is 4.79 Å². The first-order valence-electron chi connectivity index (χ1n) is 30.5. The van der Waals surface area contributed by atoms with E-state index in [9.17, 15) is 24.3 Å². The molecule has 0 radical (unpaired) electrons. The molecule has 15 heteroatoms. The maximum atomic E-state index is 13.4. The fraction of sp³-hybridized carbons (Fsp3) is 0.273. The maximum absolute atomic E-state index is 13.4. The summed E-state index contributed by atoms with van der Waals surface area (Å²) in [7, 11) is 6.46. The number of amides is 1. The summed E-state index contributed by atoms with van der Waals surface area (Å²) < 4.78 is 36.7. The number of esters is 2. The van der Waals surface area contributed by atoms with Crippen molar-refractivity contribution in [2.24, 2.45) is 5.73 Å². The van der Waals surface area contributed by atoms with Crippen LogP contribution < -0.4 is 30.0 Å². The molecule has 0 saturated heterocycles. The normalized spacial score (nSPS) is 11.6. The summed E-state index contributed by atoms with van der Waals surface area (Å²) >= 11 is 0. The van der Waals surface area contributed by atoms with E-state index in [2.05, 4.69) is 59.5 Å². The van der Waals surface area contributed by atoms with E-state index < -0.39 is 17.2 Å². The molecule has 4 N–H and O–H groups in total. The van der Waals surface area contributed by atoms with E-state index in [4.69, 9.17) is 34.2 Å². The van der Waals surface area contributed by atoms with Gasteiger partial charge in [-0.05, 0) is 187 Å². The van der Waals surface area contributed by atoms with Gasteiger partial charge in [0.15, 0.2) is 0 Å². The third kappa shape index (κ3) is 16.1. The highest BCUT2D eigenvalue weighted by molar-refractivity contribution is 6.01. The fourth-order valence-corrected chi connectivity index (χ4v) is 11.0. The summed E-state index contributed by atoms with van der Waals surface area (Å²) in [5, 5.41) is 14.5. The van der Waals surface area contributed by atoms with Crippen LogP contribution in [0.2, 0.25) is 0 Å². The lowest BCUT2D eigenvalue weighted by molar-refractivity contribution is 0.00578. The minimum absolute atomic E-state index is 0.153. The number of nitrogens with one attached hydrogen (secondary N) is 1. The van der Waals surface area contributed by atoms with Gasteiger partial charge in [0.2, 0.25) is 0 Å². The maximum Gasteiger partial charge on any atom is 0.339 e. The summed E-state index contributed by atoms with van der Waals surface area (Å²) in [4.78, 5) is 50.4. The van der Waals surface area contributed by atoms with Gasteiger partial charge in [-0.1, -0.05) is 91.0 Å². The Hall–Kier alpha value is -10.1. The van der Waals surface area contributed by atoms with Crippen LogP contribution in [0.15, 0.2) is 170 Å². The molecule has 92 heavy (non-hydrogen) atoms. The number of carbonyl (C=O) groups excluding carboxylic acids is 3. The molecule has 1 atom stereocenters. The second-order valence-corrected chi connectivity index (χ2v) is 24.5. The topological polar surface area (TPSA) is 192 Å². The van der Waals surface area contributed by atoms with Gasteiger partial charge in [-0.2, -0.15) is 0 Å². The number of hydrogen-bond donors (Lipinski definition) is 3. The standard InChI is InChI=1S/C39H42N2O5.C29H29NO4.C9H13NO2/c1-24-26(3)41(23-27-13-15-28(16-14-27)32-11-9-10-12-33(32)38(43)46-39(4,5)6)35-20-17-29(21-34(24)35)37(42)40-25(2)31-19-18-30(44-7)22-36(31)45-8;1-18-19(2)30(26-15-14-22(27(31)32)16-25(18)26)17-20-10-12-21(13-11-20)23-8-6-7-9-24(23)28(33)34-29(3,4)5;1-11-8-4-3-7(6-10)9(5-8)12-2/h9-22,25H,23H2,1-8H3,(H,40,42);6-16H,17H2,1-5H3,(H,31,32);3-5H,6,10H2,1-2H3/t25-;;/m0../s1. The minimum Gasteiger partial charge on any atom is -0.497 e. The molecule has 0 aliphatic heterocycles. The Morgan fingerprint density at radius 3 is 1.36 bits per heavy atom. The third-order valence-electron chi connectivity index (χ3n) is 16.1. The molecule has 0 spiro atoms. The van der Waals surface area contributed by atoms with E-state index in [0.29, 0.717) is 53.4 Å². The molecule has 8 aromatic carbocycles. The van der Waals surface area contributed by atoms with Crippen LogP contribution in [0.1, 0.15) is 141 Å². The van der Waals surface area contributed by atoms with Crippen molar-refractivity contribution in [2.75, 3.05) is 28.4 Å². The van der Waals surface area contributed by atoms with Gasteiger partial charge in [0.25, 0.3) is 5.91 Å². The van der Waals surface area contributed by atoms with Crippen LogP contribution in [-0.4, -0.2) is 77.7 Å². The van der Waals surface area contributed by atoms with Crippen molar-refractivity contribution in [3.05, 3.63) is 237 Å². The van der Waals surface area contributed by atoms with Crippen molar-refractivity contribution < 1.29 is 52.7 Å². The summed E-state index contributed by atoms with van der Waals surface area (Å²) in [5.41, 5.74) is 20.6. The molecule has 0 aliphatic carbocycles. The number of carboxylic acid groups (broad SMARTS) is 1. The van der Waals surface area contributed by atoms with Crippen molar-refractivity contribution in [1.29, 1.82) is 0 Å². The molecule has 10 aromatic rings. The molecule has 2 aromatic heterocycles. The van der Waals surface area contributed by atoms with Gasteiger partial charge in [0, 0.05) is 81.7 Å². The Balaban J connectivity index is 0.000000206. The number of aromatic nitrogens is 2. The lowest BCUT2D eigenvalue weighted by atomic mass is 9.98. The molecule has 15 nitrogen and oxygen atoms in total. The SMILES string of the molecule is COc1ccc(CN)c(OC)c1.COc1ccc([C@H](C)NC(=O)c2ccc3c(c2)c(C)c(C)n3Cc2ccc(-c3ccccc3C(=O)OC(C)(C)C)cc2)c(OC)c1.Cc1c(C)n(Cc2ccc(-c3ccccc3C(=O)OC(C)(C)C)cc2)c2ccc(C(=O)O)cc12. The van der Waals surface area contributed by atoms with Crippen LogP contribution in [0.3, 0.4) is 0 Å². The summed E-state index contributed by atoms with van der Waals surface area (Å²) in [6.45, 7) is 23.2. The van der Waals surface area contributed by atoms with E-state index >= 15 is 0 Å². The first-order valence-corrected chi connectivity index (χ1v) is 30.5. The second-order valence-electron chi connectivity index (χ2n) is 24.5. The highest BCUT2D eigenvalue weighted by Crippen LogP contribution is 2.34. The van der Waals surface area contributed by atoms with Gasteiger partial charge in [-0.25, -0.2) is 14.4 Å². The van der Waals surface area contributed by atoms with Crippen LogP contribution >= 0.6 is 0 Å². The van der Waals surface area contributed by atoms with E-state index in [1.807, 2.05) is 177 Å². The number of aryl methyl sites for hydroxylation is 2. The molecular formula is C77H84N4O11. The van der Waals surface area contributed by atoms with Gasteiger partial charge >= 0.3 is 17.9 Å². The second kappa shape index (κ2) is 29.2. The van der Waals surface area contributed by atoms with Gasteiger partial charge in [0.1, 0.15) is 34.2 Å². The first kappa shape index (κ1) is 67.8. The smallest absolute Gasteiger partial charge is 0.339 e. The number of carbonyl (C=O) groups is 4. The molecule has 0 aliphatic rings. The Bertz CT molecular complexity index is 4300. The van der Waals surface area contributed by atoms with E-state index in [1.165, 1.54) is 0 Å². The van der Waals surface area contributed by atoms with Crippen molar-refractivity contribution >= 4 is 45.6 Å². The lowest BCUT2D eigenvalue weighted by Gasteiger charge is -2.20. The Morgan fingerprint density at radius 1 is 0.511 bits per heavy atom. The predicted molar refractivity (Wildman–Crippen MR) is 365 cm³/mol. The lowest BCUT2D eigenvalue weighted by Crippen LogP contribution is -2.26. The largest absolute Gasteiger partial charge is 0.497 e. The molecule has 478 valence electrons. The third-order valence-corrected chi connectivity index (χ3v) is 16.1. The number of ether oxygens (including phenoxy) is 6. The monoisotopic (exact) mass is 1240 g/mol. The Kier molecular flexibility index (Phi) is 21.5. The van der Waals surface area contributed by atoms with Crippen molar-refractivity contribution in [2.45, 2.75) is 113 Å². The summed E-state index contributed by atoms with van der Waals surface area (Å²) in [5.74, 6) is 1.16. The predicted octanol–water partition coefficient (Wildman–Crippen LogP) is 16.2. The molecular weight excluding hydrogens is 1160 g/mol. The number of nitrogens with zero attached hydrogens (tertiary/aromatic N) is 2. The van der Waals surface area contributed by atoms with Crippen LogP contribution in [0.5, 0.6) is 23.0 Å². The van der Waals surface area contributed by atoms with E-state index in [0.717, 1.165) is 100 Å². The van der Waals surface area contributed by atoms with Gasteiger partial charge < -0.3 is 53.7 Å². The number of rotatable bonds is 17. The molecule has 1 amide bonds. The molecule has 2 heterocycles. The van der Waals surface area contributed by atoms with Crippen molar-refractivity contribution in [1.82, 2.24) is 14.5 Å². The fourth-order valence-electron chi connectivity index (χ4n) is 11.0. The zero-order valence-electron chi connectivity index (χ0n) is 55.4.